The smallest absolute Gasteiger partial charge is 0.241 e. The second-order valence-corrected chi connectivity index (χ2v) is 2.56. The van der Waals surface area contributed by atoms with Gasteiger partial charge in [-0.25, -0.2) is 0 Å². The van der Waals surface area contributed by atoms with E-state index < -0.39 is 5.91 Å². The molecule has 4 heteroatoms. The Balaban J connectivity index is 2.64. The van der Waals surface area contributed by atoms with Crippen LogP contribution in [0.3, 0.4) is 0 Å². The SMILES string of the molecule is NC(=O)/C=C/c1cncs1. The van der Waals surface area contributed by atoms with Gasteiger partial charge in [0, 0.05) is 17.2 Å². The van der Waals surface area contributed by atoms with Crippen molar-refractivity contribution >= 4 is 23.3 Å². The van der Waals surface area contributed by atoms with Gasteiger partial charge in [0.1, 0.15) is 0 Å². The Labute approximate surface area is 62.2 Å². The molecule has 52 valence electrons. The summed E-state index contributed by atoms with van der Waals surface area (Å²) in [4.78, 5) is 15.0. The number of nitrogens with two attached hydrogens (primary N) is 1. The molecule has 2 N–H and O–H groups in total. The van der Waals surface area contributed by atoms with Gasteiger partial charge in [0.2, 0.25) is 5.91 Å². The first-order valence-corrected chi connectivity index (χ1v) is 3.53. The minimum Gasteiger partial charge on any atom is -0.366 e. The molecule has 0 bridgehead atoms. The van der Waals surface area contributed by atoms with Crippen LogP contribution >= 0.6 is 11.3 Å². The Bertz CT molecular complexity index is 240. The predicted molar refractivity (Wildman–Crippen MR) is 40.3 cm³/mol. The van der Waals surface area contributed by atoms with Crippen molar-refractivity contribution in [3.8, 4) is 0 Å². The number of nitrogens with zero attached hydrogens (tertiary/aromatic N) is 1. The molecule has 0 aliphatic rings. The molecule has 1 amide bonds. The van der Waals surface area contributed by atoms with E-state index in [0.717, 1.165) is 4.88 Å². The van der Waals surface area contributed by atoms with Crippen LogP contribution in [0.2, 0.25) is 0 Å². The molecule has 0 aromatic carbocycles. The Morgan fingerprint density at radius 1 is 1.80 bits per heavy atom. The molecule has 0 spiro atoms. The van der Waals surface area contributed by atoms with Crippen molar-refractivity contribution in [2.24, 2.45) is 5.73 Å². The Morgan fingerprint density at radius 3 is 3.10 bits per heavy atom. The number of aromatic nitrogens is 1. The summed E-state index contributed by atoms with van der Waals surface area (Å²) in [7, 11) is 0. The predicted octanol–water partition coefficient (Wildman–Crippen LogP) is 0.642. The highest BCUT2D eigenvalue weighted by molar-refractivity contribution is 7.10. The van der Waals surface area contributed by atoms with Crippen molar-refractivity contribution in [1.82, 2.24) is 4.98 Å². The van der Waals surface area contributed by atoms with E-state index in [1.165, 1.54) is 17.4 Å². The number of hydrogen-bond acceptors (Lipinski definition) is 3. The van der Waals surface area contributed by atoms with Gasteiger partial charge < -0.3 is 5.73 Å². The molecule has 0 unspecified atom stereocenters. The monoisotopic (exact) mass is 154 g/mol. The zero-order valence-electron chi connectivity index (χ0n) is 5.15. The first kappa shape index (κ1) is 6.95. The number of amides is 1. The first-order chi connectivity index (χ1) is 4.79. The number of thiazole rings is 1. The Morgan fingerprint density at radius 2 is 2.60 bits per heavy atom. The van der Waals surface area contributed by atoms with Crippen molar-refractivity contribution in [1.29, 1.82) is 0 Å². The van der Waals surface area contributed by atoms with E-state index in [0.29, 0.717) is 0 Å². The molecule has 0 saturated heterocycles. The van der Waals surface area contributed by atoms with Gasteiger partial charge in [-0.1, -0.05) is 0 Å². The minimum absolute atomic E-state index is 0.437. The molecule has 3 nitrogen and oxygen atoms in total. The lowest BCUT2D eigenvalue weighted by atomic mass is 10.4. The molecule has 0 saturated carbocycles. The lowest BCUT2D eigenvalue weighted by Gasteiger charge is -1.78. The summed E-state index contributed by atoms with van der Waals surface area (Å²) >= 11 is 1.46. The summed E-state index contributed by atoms with van der Waals surface area (Å²) in [5.74, 6) is -0.437. The molecular formula is C6H6N2OS. The van der Waals surface area contributed by atoms with E-state index in [-0.39, 0.29) is 0 Å². The fourth-order valence-corrected chi connectivity index (χ4v) is 0.984. The third-order valence-electron chi connectivity index (χ3n) is 0.863. The van der Waals surface area contributed by atoms with E-state index in [4.69, 9.17) is 5.73 Å². The molecule has 1 rings (SSSR count). The molecule has 1 heterocycles. The maximum absolute atomic E-state index is 10.2. The van der Waals surface area contributed by atoms with E-state index in [1.54, 1.807) is 17.8 Å². The van der Waals surface area contributed by atoms with E-state index >= 15 is 0 Å². The van der Waals surface area contributed by atoms with Crippen molar-refractivity contribution in [3.05, 3.63) is 22.7 Å². The highest BCUT2D eigenvalue weighted by Crippen LogP contribution is 2.06. The van der Waals surface area contributed by atoms with Gasteiger partial charge in [0.15, 0.2) is 0 Å². The van der Waals surface area contributed by atoms with Crippen LogP contribution in [0.15, 0.2) is 17.8 Å². The number of hydrogen-bond donors (Lipinski definition) is 1. The van der Waals surface area contributed by atoms with Crippen molar-refractivity contribution < 1.29 is 4.79 Å². The van der Waals surface area contributed by atoms with Crippen LogP contribution in [-0.2, 0) is 4.79 Å². The molecule has 0 aliphatic heterocycles. The topological polar surface area (TPSA) is 56.0 Å². The average molecular weight is 154 g/mol. The summed E-state index contributed by atoms with van der Waals surface area (Å²) in [5, 5.41) is 0. The van der Waals surface area contributed by atoms with Crippen molar-refractivity contribution in [2.45, 2.75) is 0 Å². The van der Waals surface area contributed by atoms with E-state index in [9.17, 15) is 4.79 Å². The van der Waals surface area contributed by atoms with Crippen LogP contribution in [0.5, 0.6) is 0 Å². The van der Waals surface area contributed by atoms with Crippen LogP contribution < -0.4 is 5.73 Å². The molecule has 0 radical (unpaired) electrons. The molecule has 0 atom stereocenters. The molecule has 1 aromatic heterocycles. The van der Waals surface area contributed by atoms with Gasteiger partial charge in [-0.15, -0.1) is 11.3 Å². The second kappa shape index (κ2) is 3.12. The summed E-state index contributed by atoms with van der Waals surface area (Å²) in [5.41, 5.74) is 6.56. The van der Waals surface area contributed by atoms with Gasteiger partial charge in [-0.2, -0.15) is 0 Å². The molecule has 1 aromatic rings. The van der Waals surface area contributed by atoms with Gasteiger partial charge in [0.25, 0.3) is 0 Å². The quantitative estimate of drug-likeness (QED) is 0.635. The fraction of sp³-hybridized carbons (Fsp3) is 0. The maximum Gasteiger partial charge on any atom is 0.241 e. The number of primary amides is 1. The highest BCUT2D eigenvalue weighted by Gasteiger charge is 1.87. The largest absolute Gasteiger partial charge is 0.366 e. The van der Waals surface area contributed by atoms with Gasteiger partial charge in [-0.3, -0.25) is 9.78 Å². The zero-order chi connectivity index (χ0) is 7.40. The lowest BCUT2D eigenvalue weighted by molar-refractivity contribution is -0.113. The van der Waals surface area contributed by atoms with Crippen LogP contribution in [0.1, 0.15) is 4.88 Å². The van der Waals surface area contributed by atoms with Crippen LogP contribution in [0.25, 0.3) is 6.08 Å². The van der Waals surface area contributed by atoms with Gasteiger partial charge >= 0.3 is 0 Å². The zero-order valence-corrected chi connectivity index (χ0v) is 5.97. The minimum atomic E-state index is -0.437. The van der Waals surface area contributed by atoms with Crippen LogP contribution in [0.4, 0.5) is 0 Å². The summed E-state index contributed by atoms with van der Waals surface area (Å²) < 4.78 is 0. The van der Waals surface area contributed by atoms with Crippen LogP contribution in [-0.4, -0.2) is 10.9 Å². The molecular weight excluding hydrogens is 148 g/mol. The number of carbonyl (C=O) groups excluding carboxylic acids is 1. The Hall–Kier alpha value is -1.16. The highest BCUT2D eigenvalue weighted by atomic mass is 32.1. The standard InChI is InChI=1S/C6H6N2OS/c7-6(9)2-1-5-3-8-4-10-5/h1-4H,(H2,7,9)/b2-1+. The Kier molecular flexibility index (Phi) is 2.17. The third-order valence-corrected chi connectivity index (χ3v) is 1.60. The summed E-state index contributed by atoms with van der Waals surface area (Å²) in [6.07, 6.45) is 4.62. The molecule has 0 aliphatic carbocycles. The number of carbonyl (C=O) groups is 1. The van der Waals surface area contributed by atoms with E-state index in [1.807, 2.05) is 0 Å². The summed E-state index contributed by atoms with van der Waals surface area (Å²) in [6.45, 7) is 0. The van der Waals surface area contributed by atoms with Crippen molar-refractivity contribution in [3.63, 3.8) is 0 Å². The molecule has 0 fully saturated rings. The van der Waals surface area contributed by atoms with Gasteiger partial charge in [-0.05, 0) is 6.08 Å². The number of rotatable bonds is 2. The second-order valence-electron chi connectivity index (χ2n) is 1.64. The van der Waals surface area contributed by atoms with Crippen LogP contribution in [0, 0.1) is 0 Å². The van der Waals surface area contributed by atoms with E-state index in [2.05, 4.69) is 4.98 Å². The molecule has 10 heavy (non-hydrogen) atoms. The van der Waals surface area contributed by atoms with Gasteiger partial charge in [0.05, 0.1) is 5.51 Å². The fourth-order valence-electron chi connectivity index (χ4n) is 0.472. The average Bonchev–Trinajstić information content (AvgIpc) is 2.34. The first-order valence-electron chi connectivity index (χ1n) is 2.65. The third kappa shape index (κ3) is 1.99. The maximum atomic E-state index is 10.2. The normalized spacial score (nSPS) is 10.4. The lowest BCUT2D eigenvalue weighted by Crippen LogP contribution is -2.04. The van der Waals surface area contributed by atoms with Crippen molar-refractivity contribution in [2.75, 3.05) is 0 Å². The summed E-state index contributed by atoms with van der Waals surface area (Å²) in [6, 6.07) is 0.